The summed E-state index contributed by atoms with van der Waals surface area (Å²) < 4.78 is 45.2. The van der Waals surface area contributed by atoms with E-state index in [2.05, 4.69) is 12.6 Å². The molecule has 11 heteroatoms. The summed E-state index contributed by atoms with van der Waals surface area (Å²) in [5, 5.41) is 17.5. The third kappa shape index (κ3) is 4.96. The van der Waals surface area contributed by atoms with E-state index in [1.807, 2.05) is 5.32 Å². The monoisotopic (exact) mass is 434 g/mol. The zero-order valence-electron chi connectivity index (χ0n) is 15.2. The molecule has 1 aliphatic heterocycles. The van der Waals surface area contributed by atoms with Crippen molar-refractivity contribution in [2.24, 2.45) is 0 Å². The molecule has 3 N–H and O–H groups in total. The van der Waals surface area contributed by atoms with Crippen molar-refractivity contribution in [2.45, 2.75) is 48.7 Å². The predicted molar refractivity (Wildman–Crippen MR) is 99.6 cm³/mol. The van der Waals surface area contributed by atoms with Crippen LogP contribution in [0.25, 0.3) is 0 Å². The summed E-state index contributed by atoms with van der Waals surface area (Å²) in [6, 6.07) is 4.21. The normalized spacial score (nSPS) is 27.7. The molecule has 1 aromatic rings. The summed E-state index contributed by atoms with van der Waals surface area (Å²) in [5.74, 6) is -2.42. The standard InChI is InChI=1S/C18H21F3N2O5S/c19-13-6-10(2-3-12(13)9-1-4-14(24)15(25)5-9)23-8-11(28-17(23)27)7-22-16(26)18(20,21)29/h2-3,6,9,11,14-15,24-25,29H,1,4-5,7-8H2,(H,22,26). The molecule has 7 nitrogen and oxygen atoms in total. The third-order valence-corrected chi connectivity index (χ3v) is 5.36. The highest BCUT2D eigenvalue weighted by molar-refractivity contribution is 7.82. The van der Waals surface area contributed by atoms with Gasteiger partial charge in [0.15, 0.2) is 0 Å². The van der Waals surface area contributed by atoms with Crippen LogP contribution in [-0.2, 0) is 9.53 Å². The summed E-state index contributed by atoms with van der Waals surface area (Å²) in [6.07, 6.45) is -2.26. The topological polar surface area (TPSA) is 99.1 Å². The molecule has 1 heterocycles. The number of aliphatic hydroxyl groups excluding tert-OH is 2. The van der Waals surface area contributed by atoms with Crippen molar-refractivity contribution in [2.75, 3.05) is 18.0 Å². The Balaban J connectivity index is 1.64. The Morgan fingerprint density at radius 2 is 2.03 bits per heavy atom. The number of thiol groups is 1. The molecule has 0 bridgehead atoms. The van der Waals surface area contributed by atoms with Gasteiger partial charge in [0.05, 0.1) is 31.0 Å². The van der Waals surface area contributed by atoms with E-state index in [0.29, 0.717) is 18.4 Å². The summed E-state index contributed by atoms with van der Waals surface area (Å²) in [4.78, 5) is 24.3. The maximum atomic E-state index is 14.6. The molecule has 1 saturated heterocycles. The van der Waals surface area contributed by atoms with Gasteiger partial charge in [0.2, 0.25) is 0 Å². The van der Waals surface area contributed by atoms with Crippen LogP contribution >= 0.6 is 12.6 Å². The minimum Gasteiger partial charge on any atom is -0.442 e. The highest BCUT2D eigenvalue weighted by Crippen LogP contribution is 2.36. The van der Waals surface area contributed by atoms with E-state index in [1.165, 1.54) is 12.1 Å². The van der Waals surface area contributed by atoms with Gasteiger partial charge in [0.1, 0.15) is 11.9 Å². The maximum absolute atomic E-state index is 14.6. The quantitative estimate of drug-likeness (QED) is 0.530. The van der Waals surface area contributed by atoms with Crippen molar-refractivity contribution in [1.82, 2.24) is 5.32 Å². The van der Waals surface area contributed by atoms with Gasteiger partial charge in [-0.2, -0.15) is 8.78 Å². The molecule has 2 aliphatic rings. The van der Waals surface area contributed by atoms with Crippen molar-refractivity contribution < 1.29 is 37.7 Å². The number of cyclic esters (lactones) is 1. The largest absolute Gasteiger partial charge is 0.442 e. The van der Waals surface area contributed by atoms with E-state index < -0.39 is 41.4 Å². The van der Waals surface area contributed by atoms with Crippen molar-refractivity contribution in [3.63, 3.8) is 0 Å². The number of benzene rings is 1. The van der Waals surface area contributed by atoms with Gasteiger partial charge in [-0.05, 0) is 42.9 Å². The van der Waals surface area contributed by atoms with E-state index in [9.17, 15) is 33.0 Å². The Morgan fingerprint density at radius 3 is 2.66 bits per heavy atom. The van der Waals surface area contributed by atoms with Crippen LogP contribution in [0.2, 0.25) is 0 Å². The van der Waals surface area contributed by atoms with E-state index in [-0.39, 0.29) is 31.1 Å². The zero-order valence-corrected chi connectivity index (χ0v) is 16.1. The van der Waals surface area contributed by atoms with E-state index >= 15 is 0 Å². The van der Waals surface area contributed by atoms with Crippen LogP contribution in [0.1, 0.15) is 30.7 Å². The number of hydrogen-bond acceptors (Lipinski definition) is 6. The van der Waals surface area contributed by atoms with Crippen molar-refractivity contribution in [3.8, 4) is 0 Å². The highest BCUT2D eigenvalue weighted by atomic mass is 32.1. The van der Waals surface area contributed by atoms with Crippen molar-refractivity contribution in [1.29, 1.82) is 0 Å². The van der Waals surface area contributed by atoms with Gasteiger partial charge < -0.3 is 20.3 Å². The Bertz CT molecular complexity index is 791. The van der Waals surface area contributed by atoms with Crippen LogP contribution in [0.4, 0.5) is 23.7 Å². The molecule has 4 atom stereocenters. The van der Waals surface area contributed by atoms with E-state index in [1.54, 1.807) is 0 Å². The molecule has 0 aromatic heterocycles. The van der Waals surface area contributed by atoms with Crippen LogP contribution in [-0.4, -0.2) is 58.9 Å². The molecule has 1 aliphatic carbocycles. The number of ether oxygens (including phenoxy) is 1. The summed E-state index contributed by atoms with van der Waals surface area (Å²) in [5.41, 5.74) is 0.605. The number of nitrogens with zero attached hydrogens (tertiary/aromatic N) is 1. The van der Waals surface area contributed by atoms with Gasteiger partial charge in [0, 0.05) is 0 Å². The predicted octanol–water partition coefficient (Wildman–Crippen LogP) is 1.78. The van der Waals surface area contributed by atoms with Gasteiger partial charge in [0.25, 0.3) is 0 Å². The van der Waals surface area contributed by atoms with Crippen LogP contribution in [0.5, 0.6) is 0 Å². The molecule has 1 saturated carbocycles. The lowest BCUT2D eigenvalue weighted by Crippen LogP contribution is -2.41. The number of amides is 2. The van der Waals surface area contributed by atoms with E-state index in [0.717, 1.165) is 11.0 Å². The molecule has 0 radical (unpaired) electrons. The zero-order chi connectivity index (χ0) is 21.3. The number of anilines is 1. The molecule has 4 unspecified atom stereocenters. The first-order valence-electron chi connectivity index (χ1n) is 9.08. The van der Waals surface area contributed by atoms with Gasteiger partial charge in [-0.15, -0.1) is 0 Å². The minimum absolute atomic E-state index is 0.0512. The average molecular weight is 434 g/mol. The number of nitrogens with one attached hydrogen (secondary N) is 1. The lowest BCUT2D eigenvalue weighted by molar-refractivity contribution is -0.135. The minimum atomic E-state index is -3.84. The van der Waals surface area contributed by atoms with Crippen LogP contribution in [0, 0.1) is 5.82 Å². The van der Waals surface area contributed by atoms with Crippen LogP contribution in [0.15, 0.2) is 18.2 Å². The number of carbonyl (C=O) groups is 2. The number of hydrogen-bond donors (Lipinski definition) is 4. The molecule has 3 rings (SSSR count). The maximum Gasteiger partial charge on any atom is 0.414 e. The Kier molecular flexibility index (Phi) is 6.30. The fraction of sp³-hybridized carbons (Fsp3) is 0.556. The molecule has 0 spiro atoms. The first kappa shape index (κ1) is 21.7. The first-order valence-corrected chi connectivity index (χ1v) is 9.53. The van der Waals surface area contributed by atoms with Gasteiger partial charge in [-0.3, -0.25) is 9.69 Å². The lowest BCUT2D eigenvalue weighted by atomic mass is 9.81. The SMILES string of the molecule is O=C1OC(CNC(=O)C(F)(F)S)CN1c1ccc(C2CCC(O)C(O)C2)c(F)c1. The number of rotatable bonds is 5. The third-order valence-electron chi connectivity index (χ3n) is 5.15. The van der Waals surface area contributed by atoms with Crippen LogP contribution < -0.4 is 10.2 Å². The molecule has 29 heavy (non-hydrogen) atoms. The average Bonchev–Trinajstić information content (AvgIpc) is 3.02. The van der Waals surface area contributed by atoms with Crippen molar-refractivity contribution in [3.05, 3.63) is 29.6 Å². The second kappa shape index (κ2) is 8.41. The smallest absolute Gasteiger partial charge is 0.414 e. The summed E-state index contributed by atoms with van der Waals surface area (Å²) in [7, 11) is 0. The highest BCUT2D eigenvalue weighted by Gasteiger charge is 2.37. The molecule has 2 amide bonds. The molecule has 160 valence electrons. The van der Waals surface area contributed by atoms with Gasteiger partial charge >= 0.3 is 17.3 Å². The number of aliphatic hydroxyl groups is 2. The first-order chi connectivity index (χ1) is 13.6. The number of halogens is 3. The Labute approximate surface area is 170 Å². The van der Waals surface area contributed by atoms with E-state index in [4.69, 9.17) is 4.74 Å². The van der Waals surface area contributed by atoms with Crippen LogP contribution in [0.3, 0.4) is 0 Å². The fourth-order valence-corrected chi connectivity index (χ4v) is 3.66. The Morgan fingerprint density at radius 1 is 1.31 bits per heavy atom. The van der Waals surface area contributed by atoms with Gasteiger partial charge in [-0.25, -0.2) is 9.18 Å². The molecular formula is C18H21F3N2O5S. The summed E-state index contributed by atoms with van der Waals surface area (Å²) >= 11 is 2.86. The number of alkyl halides is 2. The fourth-order valence-electron chi connectivity index (χ4n) is 3.58. The summed E-state index contributed by atoms with van der Waals surface area (Å²) in [6.45, 7) is -0.384. The molecular weight excluding hydrogens is 413 g/mol. The second-order valence-electron chi connectivity index (χ2n) is 7.22. The van der Waals surface area contributed by atoms with Crippen molar-refractivity contribution >= 4 is 30.3 Å². The van der Waals surface area contributed by atoms with Gasteiger partial charge in [-0.1, -0.05) is 18.7 Å². The number of carbonyl (C=O) groups excluding carboxylic acids is 2. The molecule has 1 aromatic carbocycles. The Hall–Kier alpha value is -1.98. The molecule has 2 fully saturated rings. The lowest BCUT2D eigenvalue weighted by Gasteiger charge is -2.30. The second-order valence-corrected chi connectivity index (χ2v) is 7.78.